The Morgan fingerprint density at radius 1 is 1.60 bits per heavy atom. The van der Waals surface area contributed by atoms with E-state index in [-0.39, 0.29) is 6.10 Å². The predicted molar refractivity (Wildman–Crippen MR) is 79.0 cm³/mol. The van der Waals surface area contributed by atoms with E-state index >= 15 is 0 Å². The van der Waals surface area contributed by atoms with Crippen LogP contribution in [0.3, 0.4) is 0 Å². The Kier molecular flexibility index (Phi) is 4.60. The molecule has 0 amide bonds. The number of ether oxygens (including phenoxy) is 2. The van der Waals surface area contributed by atoms with Crippen molar-refractivity contribution in [2.75, 3.05) is 13.2 Å². The second-order valence-electron chi connectivity index (χ2n) is 5.77. The van der Waals surface area contributed by atoms with Crippen LogP contribution in [0.1, 0.15) is 31.9 Å². The molecule has 4 heteroatoms. The Morgan fingerprint density at radius 3 is 2.90 bits per heavy atom. The van der Waals surface area contributed by atoms with Crippen LogP contribution in [0.15, 0.2) is 30.8 Å². The molecule has 110 valence electrons. The second kappa shape index (κ2) is 6.06. The molecule has 1 fully saturated rings. The van der Waals surface area contributed by atoms with Crippen molar-refractivity contribution in [1.29, 1.82) is 0 Å². The van der Waals surface area contributed by atoms with Crippen LogP contribution in [0.25, 0.3) is 5.57 Å². The highest BCUT2D eigenvalue weighted by Crippen LogP contribution is 2.24. The smallest absolute Gasteiger partial charge is 0.214 e. The summed E-state index contributed by atoms with van der Waals surface area (Å²) in [6.07, 6.45) is -0.871. The van der Waals surface area contributed by atoms with E-state index in [2.05, 4.69) is 18.0 Å². The number of aliphatic hydroxyl groups excluding tert-OH is 1. The molecule has 0 aliphatic carbocycles. The van der Waals surface area contributed by atoms with E-state index < -0.39 is 12.0 Å². The maximum absolute atomic E-state index is 9.89. The highest BCUT2D eigenvalue weighted by Gasteiger charge is 2.27. The number of epoxide rings is 1. The highest BCUT2D eigenvalue weighted by molar-refractivity contribution is 5.62. The van der Waals surface area contributed by atoms with E-state index in [1.807, 2.05) is 39.0 Å². The van der Waals surface area contributed by atoms with Gasteiger partial charge in [-0.2, -0.15) is 0 Å². The van der Waals surface area contributed by atoms with Gasteiger partial charge >= 0.3 is 0 Å². The molecule has 20 heavy (non-hydrogen) atoms. The fraction of sp³-hybridized carbons (Fsp3) is 0.500. The van der Waals surface area contributed by atoms with Crippen molar-refractivity contribution in [2.45, 2.75) is 38.8 Å². The summed E-state index contributed by atoms with van der Waals surface area (Å²) in [4.78, 5) is 0. The van der Waals surface area contributed by atoms with E-state index in [1.54, 1.807) is 0 Å². The first-order valence-corrected chi connectivity index (χ1v) is 6.84. The van der Waals surface area contributed by atoms with E-state index in [0.717, 1.165) is 23.3 Å². The first-order valence-electron chi connectivity index (χ1n) is 6.84. The molecule has 0 aromatic heterocycles. The summed E-state index contributed by atoms with van der Waals surface area (Å²) < 4.78 is 10.3. The SMILES string of the molecule is C=C(C)c1cccc(C(C)(C)NC(O)OCC2CO2)c1. The Bertz CT molecular complexity index is 480. The van der Waals surface area contributed by atoms with Gasteiger partial charge in [0.05, 0.1) is 13.2 Å². The van der Waals surface area contributed by atoms with Gasteiger partial charge < -0.3 is 14.6 Å². The summed E-state index contributed by atoms with van der Waals surface area (Å²) in [6, 6.07) is 8.12. The third-order valence-corrected chi connectivity index (χ3v) is 3.40. The van der Waals surface area contributed by atoms with Crippen molar-refractivity contribution in [3.8, 4) is 0 Å². The lowest BCUT2D eigenvalue weighted by Crippen LogP contribution is -2.45. The standard InChI is InChI=1S/C16H23NO3/c1-11(2)12-6-5-7-13(8-12)16(3,4)17-15(18)20-10-14-9-19-14/h5-8,14-15,17-18H,1,9-10H2,2-4H3. The first-order chi connectivity index (χ1) is 9.38. The molecule has 0 bridgehead atoms. The van der Waals surface area contributed by atoms with Crippen molar-refractivity contribution in [1.82, 2.24) is 5.32 Å². The molecule has 1 aromatic carbocycles. The minimum Gasteiger partial charge on any atom is -0.371 e. The molecule has 0 radical (unpaired) electrons. The van der Waals surface area contributed by atoms with Crippen LogP contribution < -0.4 is 5.32 Å². The summed E-state index contributed by atoms with van der Waals surface area (Å²) in [5.41, 5.74) is 2.78. The van der Waals surface area contributed by atoms with Crippen LogP contribution in [0, 0.1) is 0 Å². The number of nitrogens with one attached hydrogen (secondary N) is 1. The summed E-state index contributed by atoms with van der Waals surface area (Å²) >= 11 is 0. The quantitative estimate of drug-likeness (QED) is 0.593. The average Bonchev–Trinajstić information content (AvgIpc) is 3.20. The van der Waals surface area contributed by atoms with Crippen LogP contribution in [0.5, 0.6) is 0 Å². The largest absolute Gasteiger partial charge is 0.371 e. The third kappa shape index (κ3) is 4.15. The monoisotopic (exact) mass is 277 g/mol. The molecule has 0 spiro atoms. The molecule has 0 saturated carbocycles. The van der Waals surface area contributed by atoms with Gasteiger partial charge in [0, 0.05) is 5.54 Å². The first kappa shape index (κ1) is 15.2. The number of hydrogen-bond donors (Lipinski definition) is 2. The Hall–Kier alpha value is -1.20. The number of rotatable bonds is 7. The van der Waals surface area contributed by atoms with Gasteiger partial charge in [-0.05, 0) is 38.0 Å². The lowest BCUT2D eigenvalue weighted by molar-refractivity contribution is -0.136. The van der Waals surface area contributed by atoms with Crippen molar-refractivity contribution in [2.24, 2.45) is 0 Å². The molecule has 2 N–H and O–H groups in total. The highest BCUT2D eigenvalue weighted by atomic mass is 16.7. The van der Waals surface area contributed by atoms with E-state index in [0.29, 0.717) is 6.61 Å². The predicted octanol–water partition coefficient (Wildman–Crippen LogP) is 2.24. The Morgan fingerprint density at radius 2 is 2.30 bits per heavy atom. The molecule has 2 atom stereocenters. The Labute approximate surface area is 120 Å². The Balaban J connectivity index is 2.00. The van der Waals surface area contributed by atoms with Crippen molar-refractivity contribution in [3.63, 3.8) is 0 Å². The summed E-state index contributed by atoms with van der Waals surface area (Å²) in [5, 5.41) is 13.0. The van der Waals surface area contributed by atoms with Gasteiger partial charge in [-0.3, -0.25) is 5.32 Å². The number of hydrogen-bond acceptors (Lipinski definition) is 4. The van der Waals surface area contributed by atoms with E-state index in [9.17, 15) is 5.11 Å². The molecule has 4 nitrogen and oxygen atoms in total. The molecule has 1 saturated heterocycles. The van der Waals surface area contributed by atoms with E-state index in [4.69, 9.17) is 9.47 Å². The molecule has 1 aromatic rings. The maximum Gasteiger partial charge on any atom is 0.214 e. The minimum atomic E-state index is -1.01. The second-order valence-corrected chi connectivity index (χ2v) is 5.77. The number of benzene rings is 1. The molecule has 1 aliphatic heterocycles. The zero-order valence-corrected chi connectivity index (χ0v) is 12.3. The van der Waals surface area contributed by atoms with Gasteiger partial charge in [0.25, 0.3) is 0 Å². The summed E-state index contributed by atoms with van der Waals surface area (Å²) in [6.45, 7) is 11.1. The van der Waals surface area contributed by atoms with Gasteiger partial charge in [0.2, 0.25) is 6.41 Å². The zero-order chi connectivity index (χ0) is 14.8. The average molecular weight is 277 g/mol. The topological polar surface area (TPSA) is 54.0 Å². The fourth-order valence-corrected chi connectivity index (χ4v) is 1.97. The number of aliphatic hydroxyl groups is 1. The molecule has 1 heterocycles. The fourth-order valence-electron chi connectivity index (χ4n) is 1.97. The molecule has 2 unspecified atom stereocenters. The molecular weight excluding hydrogens is 254 g/mol. The van der Waals surface area contributed by atoms with Crippen LogP contribution in [0.4, 0.5) is 0 Å². The van der Waals surface area contributed by atoms with Gasteiger partial charge in [0.1, 0.15) is 6.10 Å². The van der Waals surface area contributed by atoms with Crippen molar-refractivity contribution < 1.29 is 14.6 Å². The van der Waals surface area contributed by atoms with Crippen molar-refractivity contribution in [3.05, 3.63) is 42.0 Å². The van der Waals surface area contributed by atoms with Crippen LogP contribution in [-0.2, 0) is 15.0 Å². The lowest BCUT2D eigenvalue weighted by Gasteiger charge is -2.30. The minimum absolute atomic E-state index is 0.140. The van der Waals surface area contributed by atoms with Gasteiger partial charge in [-0.15, -0.1) is 0 Å². The lowest BCUT2D eigenvalue weighted by atomic mass is 9.92. The van der Waals surface area contributed by atoms with Gasteiger partial charge in [-0.1, -0.05) is 30.4 Å². The van der Waals surface area contributed by atoms with Crippen LogP contribution in [-0.4, -0.2) is 30.8 Å². The van der Waals surface area contributed by atoms with Crippen LogP contribution in [0.2, 0.25) is 0 Å². The van der Waals surface area contributed by atoms with E-state index in [1.165, 1.54) is 0 Å². The van der Waals surface area contributed by atoms with Gasteiger partial charge in [-0.25, -0.2) is 0 Å². The van der Waals surface area contributed by atoms with Crippen molar-refractivity contribution >= 4 is 5.57 Å². The number of allylic oxidation sites excluding steroid dienone is 1. The molecule has 1 aliphatic rings. The molecule has 2 rings (SSSR count). The maximum atomic E-state index is 9.89. The zero-order valence-electron chi connectivity index (χ0n) is 12.3. The van der Waals surface area contributed by atoms with Crippen LogP contribution >= 0.6 is 0 Å². The van der Waals surface area contributed by atoms with Gasteiger partial charge in [0.15, 0.2) is 0 Å². The summed E-state index contributed by atoms with van der Waals surface area (Å²) in [7, 11) is 0. The normalized spacial score (nSPS) is 19.7. The molecular formula is C16H23NO3. The summed E-state index contributed by atoms with van der Waals surface area (Å²) in [5.74, 6) is 0. The third-order valence-electron chi connectivity index (χ3n) is 3.40.